The Morgan fingerprint density at radius 1 is 1.50 bits per heavy atom. The summed E-state index contributed by atoms with van der Waals surface area (Å²) >= 11 is 0. The molecule has 1 aliphatic heterocycles. The predicted octanol–water partition coefficient (Wildman–Crippen LogP) is 1.58. The van der Waals surface area contributed by atoms with Crippen molar-refractivity contribution in [3.63, 3.8) is 0 Å². The van der Waals surface area contributed by atoms with E-state index >= 15 is 0 Å². The molecule has 1 atom stereocenters. The second kappa shape index (κ2) is 5.95. The fourth-order valence-electron chi connectivity index (χ4n) is 2.73. The summed E-state index contributed by atoms with van der Waals surface area (Å²) in [7, 11) is 0. The van der Waals surface area contributed by atoms with Crippen molar-refractivity contribution < 1.29 is 0 Å². The molecule has 1 aliphatic rings. The van der Waals surface area contributed by atoms with Crippen molar-refractivity contribution in [1.82, 2.24) is 14.9 Å². The van der Waals surface area contributed by atoms with E-state index in [2.05, 4.69) is 22.1 Å². The standard InChI is InChI=1S/C15H26N4O/c1-5-9-18(12-6-7-16-11-12)13-14(20)19(10-8-17-13)15(2,3)4/h8,10,12,16H,5-7,9,11H2,1-4H3. The number of nitrogens with zero attached hydrogens (tertiary/aromatic N) is 3. The smallest absolute Gasteiger partial charge is 0.293 e. The quantitative estimate of drug-likeness (QED) is 0.908. The van der Waals surface area contributed by atoms with E-state index in [1.54, 1.807) is 17.0 Å². The van der Waals surface area contributed by atoms with Gasteiger partial charge in [-0.2, -0.15) is 0 Å². The highest BCUT2D eigenvalue weighted by atomic mass is 16.1. The van der Waals surface area contributed by atoms with Crippen LogP contribution in [0.2, 0.25) is 0 Å². The molecule has 0 aromatic carbocycles. The predicted molar refractivity (Wildman–Crippen MR) is 82.4 cm³/mol. The molecule has 20 heavy (non-hydrogen) atoms. The van der Waals surface area contributed by atoms with Crippen LogP contribution in [-0.2, 0) is 5.54 Å². The Labute approximate surface area is 121 Å². The maximum Gasteiger partial charge on any atom is 0.293 e. The number of hydrogen-bond acceptors (Lipinski definition) is 4. The van der Waals surface area contributed by atoms with Gasteiger partial charge in [0.25, 0.3) is 5.56 Å². The first kappa shape index (κ1) is 15.0. The van der Waals surface area contributed by atoms with Gasteiger partial charge in [-0.25, -0.2) is 4.98 Å². The number of hydrogen-bond donors (Lipinski definition) is 1. The van der Waals surface area contributed by atoms with Gasteiger partial charge in [0.1, 0.15) is 0 Å². The van der Waals surface area contributed by atoms with Gasteiger partial charge < -0.3 is 14.8 Å². The molecule has 1 unspecified atom stereocenters. The summed E-state index contributed by atoms with van der Waals surface area (Å²) in [5.41, 5.74) is -0.207. The fraction of sp³-hybridized carbons (Fsp3) is 0.733. The van der Waals surface area contributed by atoms with Gasteiger partial charge in [0.05, 0.1) is 0 Å². The fourth-order valence-corrected chi connectivity index (χ4v) is 2.73. The molecule has 0 spiro atoms. The van der Waals surface area contributed by atoms with Gasteiger partial charge in [0.15, 0.2) is 5.82 Å². The second-order valence-electron chi connectivity index (χ2n) is 6.44. The summed E-state index contributed by atoms with van der Waals surface area (Å²) < 4.78 is 1.78. The zero-order valence-corrected chi connectivity index (χ0v) is 13.0. The molecule has 2 rings (SSSR count). The highest BCUT2D eigenvalue weighted by molar-refractivity contribution is 5.38. The van der Waals surface area contributed by atoms with Gasteiger partial charge in [-0.3, -0.25) is 4.79 Å². The Kier molecular flexibility index (Phi) is 4.48. The highest BCUT2D eigenvalue weighted by Gasteiger charge is 2.26. The first-order chi connectivity index (χ1) is 9.45. The van der Waals surface area contributed by atoms with E-state index in [-0.39, 0.29) is 11.1 Å². The monoisotopic (exact) mass is 278 g/mol. The topological polar surface area (TPSA) is 50.2 Å². The van der Waals surface area contributed by atoms with E-state index < -0.39 is 0 Å². The highest BCUT2D eigenvalue weighted by Crippen LogP contribution is 2.17. The Morgan fingerprint density at radius 2 is 2.25 bits per heavy atom. The summed E-state index contributed by atoms with van der Waals surface area (Å²) in [4.78, 5) is 19.3. The van der Waals surface area contributed by atoms with Crippen LogP contribution in [0.1, 0.15) is 40.5 Å². The number of rotatable bonds is 4. The van der Waals surface area contributed by atoms with E-state index in [4.69, 9.17) is 0 Å². The third-order valence-corrected chi connectivity index (χ3v) is 3.76. The Hall–Kier alpha value is -1.36. The first-order valence-corrected chi connectivity index (χ1v) is 7.50. The molecular weight excluding hydrogens is 252 g/mol. The molecule has 0 bridgehead atoms. The Balaban J connectivity index is 2.41. The average molecular weight is 278 g/mol. The zero-order valence-electron chi connectivity index (χ0n) is 13.0. The van der Waals surface area contributed by atoms with E-state index in [9.17, 15) is 4.79 Å². The van der Waals surface area contributed by atoms with Gasteiger partial charge in [0, 0.05) is 37.1 Å². The largest absolute Gasteiger partial charge is 0.348 e. The van der Waals surface area contributed by atoms with Crippen molar-refractivity contribution in [1.29, 1.82) is 0 Å². The van der Waals surface area contributed by atoms with Crippen LogP contribution in [0.25, 0.3) is 0 Å². The molecule has 1 N–H and O–H groups in total. The lowest BCUT2D eigenvalue weighted by Gasteiger charge is -2.30. The van der Waals surface area contributed by atoms with Crippen LogP contribution in [-0.4, -0.2) is 35.2 Å². The maximum atomic E-state index is 12.7. The molecule has 1 aromatic heterocycles. The lowest BCUT2D eigenvalue weighted by atomic mass is 10.1. The molecule has 5 heteroatoms. The molecule has 1 aromatic rings. The van der Waals surface area contributed by atoms with Crippen molar-refractivity contribution in [3.05, 3.63) is 22.7 Å². The van der Waals surface area contributed by atoms with Crippen LogP contribution < -0.4 is 15.8 Å². The van der Waals surface area contributed by atoms with Gasteiger partial charge in [-0.1, -0.05) is 6.92 Å². The second-order valence-corrected chi connectivity index (χ2v) is 6.44. The summed E-state index contributed by atoms with van der Waals surface area (Å²) in [5, 5.41) is 3.37. The summed E-state index contributed by atoms with van der Waals surface area (Å²) in [5.74, 6) is 0.595. The molecule has 1 fully saturated rings. The summed E-state index contributed by atoms with van der Waals surface area (Å²) in [6, 6.07) is 0.381. The van der Waals surface area contributed by atoms with Crippen LogP contribution in [0.3, 0.4) is 0 Å². The van der Waals surface area contributed by atoms with E-state index in [0.29, 0.717) is 11.9 Å². The number of nitrogens with one attached hydrogen (secondary N) is 1. The first-order valence-electron chi connectivity index (χ1n) is 7.50. The van der Waals surface area contributed by atoms with Crippen molar-refractivity contribution in [2.75, 3.05) is 24.5 Å². The van der Waals surface area contributed by atoms with Gasteiger partial charge in [-0.05, 0) is 40.2 Å². The molecule has 0 aliphatic carbocycles. The van der Waals surface area contributed by atoms with Gasteiger partial charge in [0.2, 0.25) is 0 Å². The van der Waals surface area contributed by atoms with Gasteiger partial charge >= 0.3 is 0 Å². The summed E-state index contributed by atoms with van der Waals surface area (Å²) in [6.07, 6.45) is 5.61. The van der Waals surface area contributed by atoms with E-state index in [0.717, 1.165) is 32.5 Å². The Bertz CT molecular complexity index is 497. The zero-order chi connectivity index (χ0) is 14.8. The average Bonchev–Trinajstić information content (AvgIpc) is 2.89. The van der Waals surface area contributed by atoms with Crippen LogP contribution in [0.15, 0.2) is 17.2 Å². The molecule has 2 heterocycles. The van der Waals surface area contributed by atoms with Crippen molar-refractivity contribution in [3.8, 4) is 0 Å². The molecule has 0 saturated carbocycles. The lowest BCUT2D eigenvalue weighted by Crippen LogP contribution is -2.44. The molecule has 112 valence electrons. The molecular formula is C15H26N4O. The summed E-state index contributed by atoms with van der Waals surface area (Å²) in [6.45, 7) is 11.1. The molecule has 0 amide bonds. The molecule has 1 saturated heterocycles. The van der Waals surface area contributed by atoms with Crippen LogP contribution in [0.5, 0.6) is 0 Å². The molecule has 0 radical (unpaired) electrons. The van der Waals surface area contributed by atoms with Crippen molar-refractivity contribution >= 4 is 5.82 Å². The molecule has 5 nitrogen and oxygen atoms in total. The van der Waals surface area contributed by atoms with E-state index in [1.165, 1.54) is 0 Å². The third-order valence-electron chi connectivity index (χ3n) is 3.76. The SMILES string of the molecule is CCCN(c1nccn(C(C)(C)C)c1=O)C1CCNC1. The van der Waals surface area contributed by atoms with Gasteiger partial charge in [-0.15, -0.1) is 0 Å². The normalized spacial score (nSPS) is 19.3. The minimum Gasteiger partial charge on any atom is -0.348 e. The number of anilines is 1. The van der Waals surface area contributed by atoms with Crippen LogP contribution >= 0.6 is 0 Å². The maximum absolute atomic E-state index is 12.7. The van der Waals surface area contributed by atoms with Crippen molar-refractivity contribution in [2.24, 2.45) is 0 Å². The van der Waals surface area contributed by atoms with Crippen LogP contribution in [0, 0.1) is 0 Å². The lowest BCUT2D eigenvalue weighted by molar-refractivity contribution is 0.381. The Morgan fingerprint density at radius 3 is 2.80 bits per heavy atom. The van der Waals surface area contributed by atoms with Crippen LogP contribution in [0.4, 0.5) is 5.82 Å². The number of aromatic nitrogens is 2. The van der Waals surface area contributed by atoms with E-state index in [1.807, 2.05) is 20.8 Å². The third kappa shape index (κ3) is 3.03. The van der Waals surface area contributed by atoms with Crippen molar-refractivity contribution in [2.45, 2.75) is 52.1 Å². The minimum absolute atomic E-state index is 0.0142. The minimum atomic E-state index is -0.222.